The molecule has 0 saturated heterocycles. The van der Waals surface area contributed by atoms with Gasteiger partial charge in [0, 0.05) is 27.7 Å². The zero-order valence-corrected chi connectivity index (χ0v) is 14.0. The topological polar surface area (TPSA) is 90.8 Å². The van der Waals surface area contributed by atoms with Crippen LogP contribution in [0.15, 0.2) is 35.6 Å². The van der Waals surface area contributed by atoms with Crippen LogP contribution >= 0.6 is 0 Å². The van der Waals surface area contributed by atoms with Crippen molar-refractivity contribution in [3.63, 3.8) is 0 Å². The van der Waals surface area contributed by atoms with E-state index in [0.29, 0.717) is 11.8 Å². The smallest absolute Gasteiger partial charge is 0.308 e. The Kier molecular flexibility index (Phi) is 5.14. The minimum absolute atomic E-state index is 0.0365. The van der Waals surface area contributed by atoms with Gasteiger partial charge in [-0.2, -0.15) is 0 Å². The maximum absolute atomic E-state index is 13.6. The largest absolute Gasteiger partial charge is 0.348 e. The van der Waals surface area contributed by atoms with Crippen LogP contribution in [-0.4, -0.2) is 17.1 Å². The number of benzene rings is 1. The summed E-state index contributed by atoms with van der Waals surface area (Å²) in [5.74, 6) is 0.465. The number of hydrogen-bond acceptors (Lipinski definition) is 2. The Bertz CT molecular complexity index is 825. The number of urea groups is 1. The van der Waals surface area contributed by atoms with Crippen LogP contribution in [0, 0.1) is 11.7 Å². The fourth-order valence-electron chi connectivity index (χ4n) is 3.81. The van der Waals surface area contributed by atoms with E-state index in [-0.39, 0.29) is 11.9 Å². The third-order valence-corrected chi connectivity index (χ3v) is 5.14. The van der Waals surface area contributed by atoms with E-state index < -0.39 is 6.03 Å². The van der Waals surface area contributed by atoms with Crippen LogP contribution < -0.4 is 5.32 Å². The molecule has 1 saturated carbocycles. The van der Waals surface area contributed by atoms with E-state index in [1.807, 2.05) is 13.0 Å². The maximum Gasteiger partial charge on any atom is 0.308 e. The Morgan fingerprint density at radius 3 is 2.84 bits per heavy atom. The second kappa shape index (κ2) is 7.49. The molecular formula is C18H20FN5O. The monoisotopic (exact) mass is 341 g/mol. The standard InChI is InChI=1S/C18H20FN5O/c1-11(22-18(25)23-24-20)12-2-4-13(5-3-12)15-8-9-21-17-7-6-14(19)10-16(15)17/h6-13H,2-5H2,1H3,(H,22,25). The van der Waals surface area contributed by atoms with Crippen molar-refractivity contribution in [2.45, 2.75) is 44.6 Å². The minimum atomic E-state index is -0.632. The van der Waals surface area contributed by atoms with Crippen LogP contribution in [0.1, 0.15) is 44.1 Å². The highest BCUT2D eigenvalue weighted by molar-refractivity contribution is 5.82. The number of rotatable bonds is 3. The number of fused-ring (bicyclic) bond motifs is 1. The molecule has 1 aromatic heterocycles. The van der Waals surface area contributed by atoms with Crippen molar-refractivity contribution in [1.29, 1.82) is 0 Å². The average molecular weight is 341 g/mol. The third kappa shape index (κ3) is 3.88. The molecule has 1 aliphatic rings. The Morgan fingerprint density at radius 2 is 2.12 bits per heavy atom. The van der Waals surface area contributed by atoms with Crippen molar-refractivity contribution < 1.29 is 9.18 Å². The molecule has 1 fully saturated rings. The van der Waals surface area contributed by atoms with Gasteiger partial charge in [-0.1, -0.05) is 0 Å². The normalized spacial score (nSPS) is 21.4. The summed E-state index contributed by atoms with van der Waals surface area (Å²) in [5.41, 5.74) is 10.3. The van der Waals surface area contributed by atoms with Crippen molar-refractivity contribution in [2.75, 3.05) is 0 Å². The number of aromatic nitrogens is 1. The van der Waals surface area contributed by atoms with E-state index in [2.05, 4.69) is 20.3 Å². The summed E-state index contributed by atoms with van der Waals surface area (Å²) in [6.07, 6.45) is 5.65. The number of halogens is 1. The van der Waals surface area contributed by atoms with Crippen LogP contribution in [0.2, 0.25) is 0 Å². The van der Waals surface area contributed by atoms with Gasteiger partial charge < -0.3 is 5.32 Å². The minimum Gasteiger partial charge on any atom is -0.348 e. The van der Waals surface area contributed by atoms with Gasteiger partial charge in [0.2, 0.25) is 0 Å². The fourth-order valence-corrected chi connectivity index (χ4v) is 3.81. The zero-order valence-electron chi connectivity index (χ0n) is 14.0. The average Bonchev–Trinajstić information content (AvgIpc) is 2.61. The molecule has 6 nitrogen and oxygen atoms in total. The van der Waals surface area contributed by atoms with E-state index in [1.165, 1.54) is 6.07 Å². The molecule has 0 radical (unpaired) electrons. The van der Waals surface area contributed by atoms with Crippen LogP contribution in [0.4, 0.5) is 9.18 Å². The van der Waals surface area contributed by atoms with E-state index >= 15 is 0 Å². The lowest BCUT2D eigenvalue weighted by Crippen LogP contribution is -2.37. The summed E-state index contributed by atoms with van der Waals surface area (Å²) in [4.78, 5) is 18.2. The Labute approximate surface area is 145 Å². The van der Waals surface area contributed by atoms with Crippen LogP contribution in [0.3, 0.4) is 0 Å². The summed E-state index contributed by atoms with van der Waals surface area (Å²) in [5, 5.41) is 6.66. The van der Waals surface area contributed by atoms with Crippen LogP contribution in [-0.2, 0) is 0 Å². The first-order valence-corrected chi connectivity index (χ1v) is 8.48. The van der Waals surface area contributed by atoms with Gasteiger partial charge in [0.1, 0.15) is 5.82 Å². The van der Waals surface area contributed by atoms with Gasteiger partial charge in [-0.25, -0.2) is 4.39 Å². The number of azide groups is 1. The molecule has 1 aromatic carbocycles. The molecule has 3 rings (SSSR count). The number of carbonyl (C=O) groups is 1. The number of nitrogens with zero attached hydrogens (tertiary/aromatic N) is 4. The molecule has 1 aliphatic carbocycles. The molecule has 1 unspecified atom stereocenters. The molecule has 2 aromatic rings. The van der Waals surface area contributed by atoms with Gasteiger partial charge in [0.15, 0.2) is 0 Å². The summed E-state index contributed by atoms with van der Waals surface area (Å²) < 4.78 is 13.6. The Hall–Kier alpha value is -2.66. The van der Waals surface area contributed by atoms with Gasteiger partial charge >= 0.3 is 6.03 Å². The second-order valence-corrected chi connectivity index (χ2v) is 6.60. The molecule has 0 bridgehead atoms. The first-order valence-electron chi connectivity index (χ1n) is 8.48. The molecule has 0 aliphatic heterocycles. The van der Waals surface area contributed by atoms with Crippen LogP contribution in [0.5, 0.6) is 0 Å². The second-order valence-electron chi connectivity index (χ2n) is 6.60. The first-order chi connectivity index (χ1) is 12.1. The molecule has 0 spiro atoms. The highest BCUT2D eigenvalue weighted by Crippen LogP contribution is 2.39. The van der Waals surface area contributed by atoms with Crippen LogP contribution in [0.25, 0.3) is 21.3 Å². The predicted octanol–water partition coefficient (Wildman–Crippen LogP) is 5.06. The van der Waals surface area contributed by atoms with E-state index in [1.54, 1.807) is 18.3 Å². The number of amides is 2. The quantitative estimate of drug-likeness (QED) is 0.480. The lowest BCUT2D eigenvalue weighted by atomic mass is 9.75. The molecule has 25 heavy (non-hydrogen) atoms. The number of nitrogens with one attached hydrogen (secondary N) is 1. The number of carbonyl (C=O) groups excluding carboxylic acids is 1. The number of hydrogen-bond donors (Lipinski definition) is 1. The van der Waals surface area contributed by atoms with Crippen molar-refractivity contribution in [2.24, 2.45) is 11.0 Å². The molecular weight excluding hydrogens is 321 g/mol. The third-order valence-electron chi connectivity index (χ3n) is 5.14. The first kappa shape index (κ1) is 17.2. The Morgan fingerprint density at radius 1 is 1.36 bits per heavy atom. The highest BCUT2D eigenvalue weighted by atomic mass is 19.1. The molecule has 7 heteroatoms. The van der Waals surface area contributed by atoms with Crippen molar-refractivity contribution in [3.05, 3.63) is 52.3 Å². The lowest BCUT2D eigenvalue weighted by molar-refractivity contribution is 0.229. The molecule has 1 atom stereocenters. The van der Waals surface area contributed by atoms with Gasteiger partial charge in [0.25, 0.3) is 0 Å². The van der Waals surface area contributed by atoms with Gasteiger partial charge in [-0.15, -0.1) is 0 Å². The molecule has 2 amide bonds. The predicted molar refractivity (Wildman–Crippen MR) is 93.5 cm³/mol. The van der Waals surface area contributed by atoms with Gasteiger partial charge in [-0.3, -0.25) is 9.78 Å². The molecule has 1 N–H and O–H groups in total. The lowest BCUT2D eigenvalue weighted by Gasteiger charge is -2.33. The maximum atomic E-state index is 13.6. The molecule has 130 valence electrons. The zero-order chi connectivity index (χ0) is 17.8. The summed E-state index contributed by atoms with van der Waals surface area (Å²) >= 11 is 0. The van der Waals surface area contributed by atoms with E-state index in [9.17, 15) is 9.18 Å². The van der Waals surface area contributed by atoms with Crippen molar-refractivity contribution in [1.82, 2.24) is 10.3 Å². The summed E-state index contributed by atoms with van der Waals surface area (Å²) in [6.45, 7) is 1.94. The van der Waals surface area contributed by atoms with E-state index in [0.717, 1.165) is 42.1 Å². The summed E-state index contributed by atoms with van der Waals surface area (Å²) in [7, 11) is 0. The van der Waals surface area contributed by atoms with Crippen molar-refractivity contribution in [3.8, 4) is 0 Å². The molecule has 1 heterocycles. The van der Waals surface area contributed by atoms with E-state index in [4.69, 9.17) is 5.53 Å². The highest BCUT2D eigenvalue weighted by Gasteiger charge is 2.27. The summed E-state index contributed by atoms with van der Waals surface area (Å²) in [6, 6.07) is 6.03. The SMILES string of the molecule is CC(NC(=O)N=[N+]=[N-])C1CCC(c2ccnc3ccc(F)cc23)CC1. The fraction of sp³-hybridized carbons (Fsp3) is 0.444. The van der Waals surface area contributed by atoms with Gasteiger partial charge in [0.05, 0.1) is 5.52 Å². The number of pyridine rings is 1. The van der Waals surface area contributed by atoms with Gasteiger partial charge in [-0.05, 0) is 79.8 Å². The van der Waals surface area contributed by atoms with Crippen molar-refractivity contribution >= 4 is 16.9 Å². The Balaban J connectivity index is 1.69.